The van der Waals surface area contributed by atoms with Crippen molar-refractivity contribution in [3.63, 3.8) is 0 Å². The first-order valence-corrected chi connectivity index (χ1v) is 11.0. The van der Waals surface area contributed by atoms with Crippen LogP contribution in [0.3, 0.4) is 0 Å². The molecule has 1 aliphatic rings. The number of aromatic nitrogens is 4. The van der Waals surface area contributed by atoms with E-state index < -0.39 is 12.7 Å². The van der Waals surface area contributed by atoms with Crippen LogP contribution < -0.4 is 10.6 Å². The van der Waals surface area contributed by atoms with Crippen molar-refractivity contribution >= 4 is 23.1 Å². The Bertz CT molecular complexity index is 1070. The van der Waals surface area contributed by atoms with E-state index in [1.807, 2.05) is 0 Å². The Balaban J connectivity index is 1.38. The molecule has 0 bridgehead atoms. The van der Waals surface area contributed by atoms with Gasteiger partial charge >= 0.3 is 0 Å². The number of hydrogen-bond donors (Lipinski definition) is 4. The monoisotopic (exact) mass is 458 g/mol. The zero-order chi connectivity index (χ0) is 22.6. The van der Waals surface area contributed by atoms with Gasteiger partial charge in [-0.05, 0) is 37.1 Å². The van der Waals surface area contributed by atoms with Gasteiger partial charge in [-0.1, -0.05) is 6.42 Å². The van der Waals surface area contributed by atoms with Crippen LogP contribution in [-0.4, -0.2) is 62.1 Å². The summed E-state index contributed by atoms with van der Waals surface area (Å²) in [5, 5.41) is 32.8. The van der Waals surface area contributed by atoms with Crippen molar-refractivity contribution in [2.75, 3.05) is 25.0 Å². The van der Waals surface area contributed by atoms with Gasteiger partial charge in [0.05, 0.1) is 24.6 Å². The number of aliphatic hydroxyl groups is 2. The standard InChI is InChI=1S/C21H23FN6O3S/c22-14-3-1-8-23-18(14)21(6-2-7-21)12-26-17-5-4-15(27-28-17)20-25-10-16(32-20)19(31)24-9-13(30)11-29/h1,3-5,8,10,13,29-30H,2,6-7,9,11-12H2,(H,24,31)(H,26,28)/t13-/m0/s1. The van der Waals surface area contributed by atoms with E-state index in [0.29, 0.717) is 33.6 Å². The van der Waals surface area contributed by atoms with Crippen LogP contribution in [0.25, 0.3) is 10.7 Å². The number of halogens is 1. The Morgan fingerprint density at radius 3 is 2.75 bits per heavy atom. The number of anilines is 1. The molecule has 3 aromatic rings. The topological polar surface area (TPSA) is 133 Å². The lowest BCUT2D eigenvalue weighted by Gasteiger charge is -2.41. The first-order valence-electron chi connectivity index (χ1n) is 10.2. The molecular formula is C21H23FN6O3S. The summed E-state index contributed by atoms with van der Waals surface area (Å²) in [6, 6.07) is 6.55. The third kappa shape index (κ3) is 4.74. The molecule has 3 heterocycles. The quantitative estimate of drug-likeness (QED) is 0.381. The minimum absolute atomic E-state index is 0.0490. The fraction of sp³-hybridized carbons (Fsp3) is 0.381. The molecule has 32 heavy (non-hydrogen) atoms. The Labute approximate surface area is 187 Å². The van der Waals surface area contributed by atoms with Crippen LogP contribution in [0.1, 0.15) is 34.6 Å². The van der Waals surface area contributed by atoms with Gasteiger partial charge in [0.25, 0.3) is 5.91 Å². The summed E-state index contributed by atoms with van der Waals surface area (Å²) in [5.74, 6) is -0.117. The lowest BCUT2D eigenvalue weighted by Crippen LogP contribution is -2.42. The van der Waals surface area contributed by atoms with Crippen molar-refractivity contribution in [1.29, 1.82) is 0 Å². The summed E-state index contributed by atoms with van der Waals surface area (Å²) in [6.45, 7) is 0.0327. The van der Waals surface area contributed by atoms with Gasteiger partial charge in [0, 0.05) is 24.7 Å². The van der Waals surface area contributed by atoms with Crippen LogP contribution >= 0.6 is 11.3 Å². The van der Waals surface area contributed by atoms with Gasteiger partial charge in [0.15, 0.2) is 0 Å². The summed E-state index contributed by atoms with van der Waals surface area (Å²) in [4.78, 5) is 20.9. The molecule has 1 amide bonds. The first-order chi connectivity index (χ1) is 15.5. The van der Waals surface area contributed by atoms with Gasteiger partial charge in [-0.25, -0.2) is 9.37 Å². The molecule has 1 atom stereocenters. The third-order valence-corrected chi connectivity index (χ3v) is 6.52. The number of carbonyl (C=O) groups excluding carboxylic acids is 1. The number of thiazole rings is 1. The van der Waals surface area contributed by atoms with Crippen LogP contribution in [0.4, 0.5) is 10.2 Å². The highest BCUT2D eigenvalue weighted by Gasteiger charge is 2.41. The predicted molar refractivity (Wildman–Crippen MR) is 117 cm³/mol. The zero-order valence-corrected chi connectivity index (χ0v) is 18.0. The molecule has 1 fully saturated rings. The van der Waals surface area contributed by atoms with Crippen LogP contribution in [0, 0.1) is 5.82 Å². The molecule has 1 saturated carbocycles. The van der Waals surface area contributed by atoms with Crippen molar-refractivity contribution in [1.82, 2.24) is 25.5 Å². The van der Waals surface area contributed by atoms with Crippen molar-refractivity contribution in [3.8, 4) is 10.7 Å². The van der Waals surface area contributed by atoms with Crippen molar-refractivity contribution in [3.05, 3.63) is 53.0 Å². The average molecular weight is 459 g/mol. The van der Waals surface area contributed by atoms with Gasteiger partial charge < -0.3 is 20.8 Å². The summed E-state index contributed by atoms with van der Waals surface area (Å²) in [7, 11) is 0. The average Bonchev–Trinajstić information content (AvgIpc) is 3.28. The largest absolute Gasteiger partial charge is 0.394 e. The van der Waals surface area contributed by atoms with E-state index in [1.165, 1.54) is 12.3 Å². The molecule has 1 aliphatic carbocycles. The second-order valence-electron chi connectivity index (χ2n) is 7.70. The summed E-state index contributed by atoms with van der Waals surface area (Å²) >= 11 is 1.15. The van der Waals surface area contributed by atoms with E-state index in [0.717, 1.165) is 30.6 Å². The molecule has 0 saturated heterocycles. The molecule has 168 valence electrons. The van der Waals surface area contributed by atoms with Gasteiger partial charge in [-0.2, -0.15) is 0 Å². The zero-order valence-electron chi connectivity index (χ0n) is 17.2. The number of pyridine rings is 1. The molecule has 11 heteroatoms. The number of aliphatic hydroxyl groups excluding tert-OH is 2. The smallest absolute Gasteiger partial charge is 0.263 e. The van der Waals surface area contributed by atoms with Crippen molar-refractivity contribution < 1.29 is 19.4 Å². The van der Waals surface area contributed by atoms with Crippen LogP contribution in [0.2, 0.25) is 0 Å². The van der Waals surface area contributed by atoms with Gasteiger partial charge in [0.2, 0.25) is 0 Å². The fourth-order valence-corrected chi connectivity index (χ4v) is 4.33. The highest BCUT2D eigenvalue weighted by Crippen LogP contribution is 2.43. The van der Waals surface area contributed by atoms with Gasteiger partial charge in [-0.3, -0.25) is 9.78 Å². The maximum atomic E-state index is 14.3. The molecular weight excluding hydrogens is 435 g/mol. The Morgan fingerprint density at radius 1 is 1.25 bits per heavy atom. The number of rotatable bonds is 9. The lowest BCUT2D eigenvalue weighted by molar-refractivity contribution is 0.0804. The van der Waals surface area contributed by atoms with E-state index in [1.54, 1.807) is 24.4 Å². The molecule has 9 nitrogen and oxygen atoms in total. The minimum atomic E-state index is -1.01. The second-order valence-corrected chi connectivity index (χ2v) is 8.73. The number of nitrogens with one attached hydrogen (secondary N) is 2. The third-order valence-electron chi connectivity index (χ3n) is 5.50. The lowest BCUT2D eigenvalue weighted by atomic mass is 9.66. The maximum Gasteiger partial charge on any atom is 0.263 e. The second kappa shape index (κ2) is 9.63. The summed E-state index contributed by atoms with van der Waals surface area (Å²) in [5.41, 5.74) is 0.667. The number of amides is 1. The van der Waals surface area contributed by atoms with Crippen LogP contribution in [0.15, 0.2) is 36.7 Å². The van der Waals surface area contributed by atoms with E-state index in [-0.39, 0.29) is 23.7 Å². The number of nitrogens with zero attached hydrogens (tertiary/aromatic N) is 4. The van der Waals surface area contributed by atoms with Crippen LogP contribution in [-0.2, 0) is 5.41 Å². The van der Waals surface area contributed by atoms with Crippen molar-refractivity contribution in [2.24, 2.45) is 0 Å². The highest BCUT2D eigenvalue weighted by molar-refractivity contribution is 7.16. The number of carbonyl (C=O) groups is 1. The Hall–Kier alpha value is -3.02. The van der Waals surface area contributed by atoms with E-state index in [2.05, 4.69) is 30.8 Å². The SMILES string of the molecule is O=C(NC[C@H](O)CO)c1cnc(-c2ccc(NCC3(c4ncccc4F)CCC3)nn2)s1. The van der Waals surface area contributed by atoms with Crippen LogP contribution in [0.5, 0.6) is 0 Å². The molecule has 4 N–H and O–H groups in total. The van der Waals surface area contributed by atoms with Gasteiger partial charge in [0.1, 0.15) is 27.2 Å². The Kier molecular flexibility index (Phi) is 6.68. The molecule has 0 unspecified atom stereocenters. The number of hydrogen-bond acceptors (Lipinski definition) is 9. The molecule has 0 aromatic carbocycles. The van der Waals surface area contributed by atoms with E-state index in [4.69, 9.17) is 5.11 Å². The normalized spacial score (nSPS) is 15.6. The maximum absolute atomic E-state index is 14.3. The van der Waals surface area contributed by atoms with Gasteiger partial charge in [-0.15, -0.1) is 21.5 Å². The molecule has 0 aliphatic heterocycles. The van der Waals surface area contributed by atoms with E-state index >= 15 is 0 Å². The molecule has 4 rings (SSSR count). The molecule has 0 radical (unpaired) electrons. The van der Waals surface area contributed by atoms with Crippen molar-refractivity contribution in [2.45, 2.75) is 30.8 Å². The minimum Gasteiger partial charge on any atom is -0.394 e. The van der Waals surface area contributed by atoms with E-state index in [9.17, 15) is 14.3 Å². The molecule has 3 aromatic heterocycles. The fourth-order valence-electron chi connectivity index (χ4n) is 3.54. The first kappa shape index (κ1) is 22.2. The highest BCUT2D eigenvalue weighted by atomic mass is 32.1. The predicted octanol–water partition coefficient (Wildman–Crippen LogP) is 1.75. The summed E-state index contributed by atoms with van der Waals surface area (Å²) in [6.07, 6.45) is 4.78. The summed E-state index contributed by atoms with van der Waals surface area (Å²) < 4.78 is 14.3. The Morgan fingerprint density at radius 2 is 2.09 bits per heavy atom. The molecule has 0 spiro atoms.